The molecule has 1 aromatic rings. The van der Waals surface area contributed by atoms with Gasteiger partial charge >= 0.3 is 0 Å². The molecule has 0 amide bonds. The van der Waals surface area contributed by atoms with Gasteiger partial charge in [-0.1, -0.05) is 6.92 Å². The molecule has 1 heterocycles. The zero-order chi connectivity index (χ0) is 5.98. The zero-order valence-electron chi connectivity index (χ0n) is 4.52. The van der Waals surface area contributed by atoms with Crippen LogP contribution in [-0.2, 0) is 6.42 Å². The minimum atomic E-state index is 0.819. The highest BCUT2D eigenvalue weighted by atomic mass is 79.9. The normalized spacial score (nSPS) is 9.75. The monoisotopic (exact) mass is 175 g/mol. The van der Waals surface area contributed by atoms with Crippen molar-refractivity contribution in [1.29, 1.82) is 0 Å². The van der Waals surface area contributed by atoms with Crippen LogP contribution in [0.5, 0.6) is 0 Å². The predicted molar refractivity (Wildman–Crippen MR) is 33.6 cm³/mol. The molecule has 2 nitrogen and oxygen atoms in total. The molecule has 0 saturated carbocycles. The molecule has 1 aromatic heterocycles. The maximum absolute atomic E-state index is 4.96. The third-order valence-electron chi connectivity index (χ3n) is 0.912. The highest BCUT2D eigenvalue weighted by Crippen LogP contribution is 2.13. The van der Waals surface area contributed by atoms with E-state index in [1.165, 1.54) is 6.39 Å². The fourth-order valence-corrected chi connectivity index (χ4v) is 0.943. The maximum Gasteiger partial charge on any atom is 0.182 e. The minimum Gasteiger partial charge on any atom is -0.447 e. The molecule has 0 bridgehead atoms. The van der Waals surface area contributed by atoms with Crippen molar-refractivity contribution < 1.29 is 4.42 Å². The van der Waals surface area contributed by atoms with Gasteiger partial charge in [-0.2, -0.15) is 0 Å². The van der Waals surface area contributed by atoms with Crippen LogP contribution in [0.25, 0.3) is 0 Å². The van der Waals surface area contributed by atoms with Gasteiger partial charge in [0.1, 0.15) is 10.4 Å². The fourth-order valence-electron chi connectivity index (χ4n) is 0.486. The van der Waals surface area contributed by atoms with Gasteiger partial charge in [0.05, 0.1) is 0 Å². The van der Waals surface area contributed by atoms with Crippen LogP contribution in [0.1, 0.15) is 12.7 Å². The van der Waals surface area contributed by atoms with E-state index in [9.17, 15) is 0 Å². The molecule has 0 aliphatic heterocycles. The van der Waals surface area contributed by atoms with Gasteiger partial charge in [0.25, 0.3) is 0 Å². The lowest BCUT2D eigenvalue weighted by atomic mass is 10.4. The van der Waals surface area contributed by atoms with E-state index in [0.717, 1.165) is 16.8 Å². The van der Waals surface area contributed by atoms with Gasteiger partial charge < -0.3 is 4.42 Å². The Morgan fingerprint density at radius 2 is 2.62 bits per heavy atom. The molecular formula is C5H6BrNO. The SMILES string of the molecule is CCc1ocnc1Br. The van der Waals surface area contributed by atoms with Crippen LogP contribution in [0.4, 0.5) is 0 Å². The van der Waals surface area contributed by atoms with Gasteiger partial charge in [0, 0.05) is 6.42 Å². The molecule has 0 aliphatic carbocycles. The summed E-state index contributed by atoms with van der Waals surface area (Å²) in [4.78, 5) is 3.84. The Morgan fingerprint density at radius 1 is 1.88 bits per heavy atom. The minimum absolute atomic E-state index is 0.819. The van der Waals surface area contributed by atoms with E-state index in [-0.39, 0.29) is 0 Å². The predicted octanol–water partition coefficient (Wildman–Crippen LogP) is 2.00. The Balaban J connectivity index is 2.92. The summed E-state index contributed by atoms with van der Waals surface area (Å²) in [6.45, 7) is 2.02. The topological polar surface area (TPSA) is 26.0 Å². The number of aryl methyl sites for hydroxylation is 1. The molecule has 44 valence electrons. The third kappa shape index (κ3) is 0.916. The number of rotatable bonds is 1. The highest BCUT2D eigenvalue weighted by Gasteiger charge is 1.98. The molecule has 0 saturated heterocycles. The van der Waals surface area contributed by atoms with Crippen LogP contribution in [0, 0.1) is 0 Å². The summed E-state index contributed by atoms with van der Waals surface area (Å²) in [5, 5.41) is 0. The van der Waals surface area contributed by atoms with Gasteiger partial charge in [-0.25, -0.2) is 4.98 Å². The zero-order valence-corrected chi connectivity index (χ0v) is 6.10. The lowest BCUT2D eigenvalue weighted by Crippen LogP contribution is -1.72. The van der Waals surface area contributed by atoms with Crippen molar-refractivity contribution in [3.63, 3.8) is 0 Å². The summed E-state index contributed by atoms with van der Waals surface area (Å²) in [5.41, 5.74) is 0. The molecule has 0 aromatic carbocycles. The molecule has 0 N–H and O–H groups in total. The number of halogens is 1. The average Bonchev–Trinajstić information content (AvgIpc) is 2.14. The molecule has 3 heteroatoms. The van der Waals surface area contributed by atoms with E-state index in [4.69, 9.17) is 4.42 Å². The first kappa shape index (κ1) is 5.82. The molecule has 8 heavy (non-hydrogen) atoms. The van der Waals surface area contributed by atoms with E-state index < -0.39 is 0 Å². The molecule has 0 radical (unpaired) electrons. The molecule has 0 unspecified atom stereocenters. The number of oxazole rings is 1. The van der Waals surface area contributed by atoms with Crippen molar-refractivity contribution in [2.45, 2.75) is 13.3 Å². The van der Waals surface area contributed by atoms with Crippen LogP contribution >= 0.6 is 15.9 Å². The molecular weight excluding hydrogens is 170 g/mol. The molecule has 0 aliphatic rings. The number of hydrogen-bond donors (Lipinski definition) is 0. The van der Waals surface area contributed by atoms with E-state index >= 15 is 0 Å². The summed E-state index contributed by atoms with van der Waals surface area (Å²) < 4.78 is 5.77. The van der Waals surface area contributed by atoms with Gasteiger partial charge in [-0.3, -0.25) is 0 Å². The second-order valence-electron chi connectivity index (χ2n) is 1.42. The summed E-state index contributed by atoms with van der Waals surface area (Å²) in [6.07, 6.45) is 2.32. The Morgan fingerprint density at radius 3 is 2.88 bits per heavy atom. The molecule has 0 fully saturated rings. The van der Waals surface area contributed by atoms with Crippen molar-refractivity contribution in [3.05, 3.63) is 16.8 Å². The quantitative estimate of drug-likeness (QED) is 0.653. The average molecular weight is 176 g/mol. The Kier molecular flexibility index (Phi) is 1.68. The van der Waals surface area contributed by atoms with E-state index in [0.29, 0.717) is 0 Å². The van der Waals surface area contributed by atoms with Crippen molar-refractivity contribution in [1.82, 2.24) is 4.98 Å². The van der Waals surface area contributed by atoms with Crippen molar-refractivity contribution >= 4 is 15.9 Å². The van der Waals surface area contributed by atoms with Crippen LogP contribution in [0.15, 0.2) is 15.4 Å². The first-order chi connectivity index (χ1) is 3.84. The first-order valence-corrected chi connectivity index (χ1v) is 3.21. The summed E-state index contributed by atoms with van der Waals surface area (Å²) in [6, 6.07) is 0. The number of hydrogen-bond acceptors (Lipinski definition) is 2. The van der Waals surface area contributed by atoms with E-state index in [2.05, 4.69) is 20.9 Å². The summed E-state index contributed by atoms with van der Waals surface area (Å²) in [7, 11) is 0. The lowest BCUT2D eigenvalue weighted by Gasteiger charge is -1.82. The molecule has 0 atom stereocenters. The fraction of sp³-hybridized carbons (Fsp3) is 0.400. The summed E-state index contributed by atoms with van der Waals surface area (Å²) in [5.74, 6) is 0.907. The summed E-state index contributed by atoms with van der Waals surface area (Å²) >= 11 is 3.22. The van der Waals surface area contributed by atoms with Gasteiger partial charge in [0.15, 0.2) is 6.39 Å². The second kappa shape index (κ2) is 2.31. The van der Waals surface area contributed by atoms with E-state index in [1.807, 2.05) is 6.92 Å². The van der Waals surface area contributed by atoms with Crippen LogP contribution in [-0.4, -0.2) is 4.98 Å². The van der Waals surface area contributed by atoms with Crippen molar-refractivity contribution in [3.8, 4) is 0 Å². The highest BCUT2D eigenvalue weighted by molar-refractivity contribution is 9.10. The van der Waals surface area contributed by atoms with Crippen LogP contribution < -0.4 is 0 Å². The van der Waals surface area contributed by atoms with Crippen molar-refractivity contribution in [2.24, 2.45) is 0 Å². The van der Waals surface area contributed by atoms with Crippen LogP contribution in [0.2, 0.25) is 0 Å². The number of nitrogens with zero attached hydrogens (tertiary/aromatic N) is 1. The van der Waals surface area contributed by atoms with Crippen molar-refractivity contribution in [2.75, 3.05) is 0 Å². The van der Waals surface area contributed by atoms with Gasteiger partial charge in [0.2, 0.25) is 0 Å². The lowest BCUT2D eigenvalue weighted by molar-refractivity contribution is 0.508. The van der Waals surface area contributed by atoms with Crippen LogP contribution in [0.3, 0.4) is 0 Å². The Labute approximate surface area is 56.0 Å². The molecule has 0 spiro atoms. The smallest absolute Gasteiger partial charge is 0.182 e. The van der Waals surface area contributed by atoms with E-state index in [1.54, 1.807) is 0 Å². The second-order valence-corrected chi connectivity index (χ2v) is 2.17. The Hall–Kier alpha value is -0.310. The van der Waals surface area contributed by atoms with Gasteiger partial charge in [-0.15, -0.1) is 0 Å². The molecule has 1 rings (SSSR count). The largest absolute Gasteiger partial charge is 0.447 e. The Bertz CT molecular complexity index is 173. The maximum atomic E-state index is 4.96. The first-order valence-electron chi connectivity index (χ1n) is 2.42. The van der Waals surface area contributed by atoms with Gasteiger partial charge in [-0.05, 0) is 15.9 Å². The third-order valence-corrected chi connectivity index (χ3v) is 1.56. The standard InChI is InChI=1S/C5H6BrNO/c1-2-4-5(6)7-3-8-4/h3H,2H2,1H3. The number of aromatic nitrogens is 1.